The molecule has 120 valence electrons. The highest BCUT2D eigenvalue weighted by Gasteiger charge is 2.32. The summed E-state index contributed by atoms with van der Waals surface area (Å²) in [5.41, 5.74) is 13.5. The molecular formula is C15H18N6O2. The monoisotopic (exact) mass is 314 g/mol. The van der Waals surface area contributed by atoms with Gasteiger partial charge >= 0.3 is 5.97 Å². The lowest BCUT2D eigenvalue weighted by molar-refractivity contribution is -0.148. The van der Waals surface area contributed by atoms with E-state index in [1.54, 1.807) is 0 Å². The van der Waals surface area contributed by atoms with Crippen molar-refractivity contribution in [1.82, 2.24) is 19.9 Å². The second kappa shape index (κ2) is 6.17. The molecule has 2 aromatic rings. The van der Waals surface area contributed by atoms with Gasteiger partial charge in [-0.15, -0.1) is 0 Å². The minimum atomic E-state index is -0.394. The molecule has 1 aromatic carbocycles. The van der Waals surface area contributed by atoms with Crippen molar-refractivity contribution in [2.75, 3.05) is 18.6 Å². The fourth-order valence-electron chi connectivity index (χ4n) is 2.82. The Balaban J connectivity index is 1.90. The number of methoxy groups -OCH3 is 1. The van der Waals surface area contributed by atoms with E-state index in [9.17, 15) is 4.79 Å². The summed E-state index contributed by atoms with van der Waals surface area (Å²) in [5, 5.41) is 0. The summed E-state index contributed by atoms with van der Waals surface area (Å²) >= 11 is 0. The second-order valence-corrected chi connectivity index (χ2v) is 5.38. The van der Waals surface area contributed by atoms with E-state index in [4.69, 9.17) is 16.2 Å². The number of carbonyl (C=O) groups excluding carboxylic acids is 1. The summed E-state index contributed by atoms with van der Waals surface area (Å²) in [7, 11) is 1.39. The maximum atomic E-state index is 12.1. The maximum absolute atomic E-state index is 12.1. The Morgan fingerprint density at radius 2 is 1.87 bits per heavy atom. The van der Waals surface area contributed by atoms with E-state index in [-0.39, 0.29) is 17.9 Å². The summed E-state index contributed by atoms with van der Waals surface area (Å²) in [6.45, 7) is 0.937. The van der Waals surface area contributed by atoms with Crippen LogP contribution in [0.2, 0.25) is 0 Å². The number of ether oxygens (including phenoxy) is 1. The fraction of sp³-hybridized carbons (Fsp3) is 0.333. The Labute approximate surface area is 133 Å². The molecule has 0 amide bonds. The van der Waals surface area contributed by atoms with E-state index >= 15 is 0 Å². The molecule has 0 fully saturated rings. The van der Waals surface area contributed by atoms with Gasteiger partial charge in [0.05, 0.1) is 13.7 Å². The van der Waals surface area contributed by atoms with Gasteiger partial charge in [-0.25, -0.2) is 0 Å². The quantitative estimate of drug-likeness (QED) is 0.767. The molecule has 4 N–H and O–H groups in total. The summed E-state index contributed by atoms with van der Waals surface area (Å²) in [6, 6.07) is 7.63. The first-order chi connectivity index (χ1) is 11.1. The highest BCUT2D eigenvalue weighted by molar-refractivity contribution is 5.76. The van der Waals surface area contributed by atoms with Gasteiger partial charge in [0.1, 0.15) is 11.9 Å². The van der Waals surface area contributed by atoms with E-state index in [1.807, 2.05) is 29.2 Å². The number of hydrogen-bond acceptors (Lipinski definition) is 8. The van der Waals surface area contributed by atoms with Gasteiger partial charge in [0, 0.05) is 6.54 Å². The van der Waals surface area contributed by atoms with Crippen molar-refractivity contribution in [1.29, 1.82) is 0 Å². The van der Waals surface area contributed by atoms with Gasteiger partial charge in [-0.2, -0.15) is 15.0 Å². The highest BCUT2D eigenvalue weighted by atomic mass is 16.5. The molecule has 0 saturated heterocycles. The van der Waals surface area contributed by atoms with Crippen molar-refractivity contribution in [2.24, 2.45) is 0 Å². The molecule has 3 rings (SSSR count). The lowest BCUT2D eigenvalue weighted by Gasteiger charge is -2.34. The largest absolute Gasteiger partial charge is 0.468 e. The molecule has 0 radical (unpaired) electrons. The third-order valence-electron chi connectivity index (χ3n) is 3.88. The summed E-state index contributed by atoms with van der Waals surface area (Å²) < 4.78 is 4.94. The van der Waals surface area contributed by atoms with Crippen LogP contribution in [0.3, 0.4) is 0 Å². The van der Waals surface area contributed by atoms with Gasteiger partial charge in [0.25, 0.3) is 0 Å². The fourth-order valence-corrected chi connectivity index (χ4v) is 2.82. The molecule has 0 bridgehead atoms. The van der Waals surface area contributed by atoms with Crippen molar-refractivity contribution < 1.29 is 9.53 Å². The van der Waals surface area contributed by atoms with Crippen LogP contribution in [0.25, 0.3) is 0 Å². The molecule has 1 aromatic heterocycles. The predicted octanol–water partition coefficient (Wildman–Crippen LogP) is 0.136. The zero-order valence-electron chi connectivity index (χ0n) is 12.8. The third kappa shape index (κ3) is 3.21. The smallest absolute Gasteiger partial charge is 0.323 e. The van der Waals surface area contributed by atoms with Gasteiger partial charge in [-0.05, 0) is 17.5 Å². The van der Waals surface area contributed by atoms with Crippen molar-refractivity contribution in [2.45, 2.75) is 25.6 Å². The van der Waals surface area contributed by atoms with Crippen LogP contribution in [0.5, 0.6) is 0 Å². The maximum Gasteiger partial charge on any atom is 0.323 e. The molecule has 1 atom stereocenters. The molecule has 23 heavy (non-hydrogen) atoms. The predicted molar refractivity (Wildman–Crippen MR) is 83.8 cm³/mol. The Morgan fingerprint density at radius 1 is 1.22 bits per heavy atom. The number of aromatic nitrogens is 3. The van der Waals surface area contributed by atoms with E-state index in [1.165, 1.54) is 12.7 Å². The molecule has 0 saturated carbocycles. The second-order valence-electron chi connectivity index (χ2n) is 5.38. The average molecular weight is 314 g/mol. The summed E-state index contributed by atoms with van der Waals surface area (Å²) in [6.07, 6.45) is 0.582. The highest BCUT2D eigenvalue weighted by Crippen LogP contribution is 2.25. The number of fused-ring (bicyclic) bond motifs is 1. The molecule has 0 aliphatic carbocycles. The Kier molecular flexibility index (Phi) is 4.07. The van der Waals surface area contributed by atoms with Crippen molar-refractivity contribution in [3.05, 3.63) is 41.2 Å². The number of anilines is 2. The Hall–Kier alpha value is -2.74. The third-order valence-corrected chi connectivity index (χ3v) is 3.88. The molecule has 1 aliphatic heterocycles. The molecule has 8 heteroatoms. The van der Waals surface area contributed by atoms with E-state index in [0.29, 0.717) is 25.3 Å². The van der Waals surface area contributed by atoms with Gasteiger partial charge in [-0.1, -0.05) is 24.3 Å². The molecule has 1 aliphatic rings. The first-order valence-corrected chi connectivity index (χ1v) is 7.21. The normalized spacial score (nSPS) is 17.5. The number of nitrogens with two attached hydrogens (primary N) is 2. The number of benzene rings is 1. The van der Waals surface area contributed by atoms with Crippen molar-refractivity contribution >= 4 is 17.9 Å². The number of rotatable bonds is 3. The zero-order chi connectivity index (χ0) is 16.4. The van der Waals surface area contributed by atoms with Gasteiger partial charge in [-0.3, -0.25) is 9.69 Å². The topological polar surface area (TPSA) is 120 Å². The first kappa shape index (κ1) is 15.2. The first-order valence-electron chi connectivity index (χ1n) is 7.21. The number of nitrogens with zero attached hydrogens (tertiary/aromatic N) is 4. The summed E-state index contributed by atoms with van der Waals surface area (Å²) in [5.74, 6) is 0.289. The minimum Gasteiger partial charge on any atom is -0.468 e. The minimum absolute atomic E-state index is 0.0690. The van der Waals surface area contributed by atoms with Crippen LogP contribution >= 0.6 is 0 Å². The standard InChI is InChI=1S/C15H18N6O2/c1-23-13(22)11-6-9-4-2-3-5-10(9)7-21(11)8-12-18-14(16)20-15(17)19-12/h2-5,11H,6-8H2,1H3,(H4,16,17,18,19,20)/t11-/m0/s1. The zero-order valence-corrected chi connectivity index (χ0v) is 12.8. The molecule has 8 nitrogen and oxygen atoms in total. The van der Waals surface area contributed by atoms with Gasteiger partial charge < -0.3 is 16.2 Å². The molecule has 0 spiro atoms. The number of esters is 1. The van der Waals surface area contributed by atoms with Crippen LogP contribution in [-0.4, -0.2) is 39.0 Å². The number of nitrogen functional groups attached to an aromatic ring is 2. The van der Waals surface area contributed by atoms with Crippen LogP contribution in [-0.2, 0) is 29.0 Å². The average Bonchev–Trinajstić information content (AvgIpc) is 2.52. The SMILES string of the molecule is COC(=O)[C@@H]1Cc2ccccc2CN1Cc1nc(N)nc(N)n1. The van der Waals surface area contributed by atoms with E-state index in [2.05, 4.69) is 15.0 Å². The molecular weight excluding hydrogens is 296 g/mol. The van der Waals surface area contributed by atoms with Crippen LogP contribution in [0, 0.1) is 0 Å². The van der Waals surface area contributed by atoms with E-state index < -0.39 is 6.04 Å². The Morgan fingerprint density at radius 3 is 2.52 bits per heavy atom. The summed E-state index contributed by atoms with van der Waals surface area (Å²) in [4.78, 5) is 26.0. The van der Waals surface area contributed by atoms with Crippen molar-refractivity contribution in [3.63, 3.8) is 0 Å². The molecule has 2 heterocycles. The van der Waals surface area contributed by atoms with Crippen LogP contribution in [0.4, 0.5) is 11.9 Å². The molecule has 0 unspecified atom stereocenters. The van der Waals surface area contributed by atoms with Crippen LogP contribution < -0.4 is 11.5 Å². The lowest BCUT2D eigenvalue weighted by atomic mass is 9.94. The Bertz CT molecular complexity index is 715. The van der Waals surface area contributed by atoms with E-state index in [0.717, 1.165) is 5.56 Å². The van der Waals surface area contributed by atoms with Crippen molar-refractivity contribution in [3.8, 4) is 0 Å². The van der Waals surface area contributed by atoms with Gasteiger partial charge in [0.15, 0.2) is 0 Å². The lowest BCUT2D eigenvalue weighted by Crippen LogP contribution is -2.45. The number of carbonyl (C=O) groups is 1. The van der Waals surface area contributed by atoms with Gasteiger partial charge in [0.2, 0.25) is 11.9 Å². The van der Waals surface area contributed by atoms with Crippen LogP contribution in [0.15, 0.2) is 24.3 Å². The van der Waals surface area contributed by atoms with Crippen LogP contribution in [0.1, 0.15) is 17.0 Å². The number of hydrogen-bond donors (Lipinski definition) is 2.